The minimum Gasteiger partial charge on any atom is -0.361 e. The highest BCUT2D eigenvalue weighted by molar-refractivity contribution is 5.86. The molecular weight excluding hydrogens is 351 g/mol. The summed E-state index contributed by atoms with van der Waals surface area (Å²) >= 11 is 0. The Bertz CT molecular complexity index is 1160. The van der Waals surface area contributed by atoms with Crippen molar-refractivity contribution >= 4 is 16.7 Å². The van der Waals surface area contributed by atoms with Crippen molar-refractivity contribution in [3.05, 3.63) is 83.9 Å². The molecule has 1 N–H and O–H groups in total. The third-order valence-electron chi connectivity index (χ3n) is 4.87. The van der Waals surface area contributed by atoms with Crippen molar-refractivity contribution in [2.24, 2.45) is 0 Å². The normalized spacial score (nSPS) is 15.9. The van der Waals surface area contributed by atoms with Crippen molar-refractivity contribution in [3.8, 4) is 11.4 Å². The molecule has 0 saturated heterocycles. The number of fused-ring (bicyclic) bond motifs is 5. The van der Waals surface area contributed by atoms with E-state index >= 15 is 0 Å². The number of anilines is 1. The molecule has 134 valence electrons. The zero-order valence-electron chi connectivity index (χ0n) is 14.0. The number of nitrogens with zero attached hydrogens (tertiary/aromatic N) is 2. The lowest BCUT2D eigenvalue weighted by molar-refractivity contribution is -0.138. The van der Waals surface area contributed by atoms with Gasteiger partial charge in [0.2, 0.25) is 0 Å². The van der Waals surface area contributed by atoms with E-state index in [0.29, 0.717) is 5.82 Å². The first-order chi connectivity index (χ1) is 13.0. The van der Waals surface area contributed by atoms with Gasteiger partial charge < -0.3 is 5.32 Å². The monoisotopic (exact) mass is 365 g/mol. The Morgan fingerprint density at radius 3 is 2.41 bits per heavy atom. The number of hydrogen-bond donors (Lipinski definition) is 1. The van der Waals surface area contributed by atoms with E-state index in [1.807, 2.05) is 53.1 Å². The van der Waals surface area contributed by atoms with Crippen molar-refractivity contribution in [2.75, 3.05) is 5.32 Å². The van der Waals surface area contributed by atoms with Gasteiger partial charge in [0, 0.05) is 16.8 Å². The summed E-state index contributed by atoms with van der Waals surface area (Å²) in [4.78, 5) is 4.70. The van der Waals surface area contributed by atoms with Crippen LogP contribution >= 0.6 is 0 Å². The number of hydrogen-bond acceptors (Lipinski definition) is 2. The molecule has 1 aliphatic heterocycles. The molecule has 0 radical (unpaired) electrons. The van der Waals surface area contributed by atoms with Gasteiger partial charge in [-0.1, -0.05) is 42.5 Å². The highest BCUT2D eigenvalue weighted by Crippen LogP contribution is 2.43. The smallest absolute Gasteiger partial charge is 0.361 e. The van der Waals surface area contributed by atoms with Gasteiger partial charge in [0.15, 0.2) is 0 Å². The van der Waals surface area contributed by atoms with Gasteiger partial charge in [0.1, 0.15) is 12.0 Å². The van der Waals surface area contributed by atoms with E-state index in [9.17, 15) is 13.2 Å². The van der Waals surface area contributed by atoms with Crippen LogP contribution in [0.1, 0.15) is 17.3 Å². The minimum atomic E-state index is -4.44. The van der Waals surface area contributed by atoms with Crippen molar-refractivity contribution in [2.45, 2.75) is 12.3 Å². The molecule has 3 nitrogen and oxygen atoms in total. The van der Waals surface area contributed by atoms with Crippen molar-refractivity contribution in [1.29, 1.82) is 0 Å². The molecule has 0 bridgehead atoms. The maximum absolute atomic E-state index is 13.7. The number of alkyl halides is 3. The molecule has 0 aliphatic carbocycles. The summed E-state index contributed by atoms with van der Waals surface area (Å²) in [6.07, 6.45) is -5.15. The fourth-order valence-electron chi connectivity index (χ4n) is 3.72. The average molecular weight is 365 g/mol. The van der Waals surface area contributed by atoms with E-state index in [2.05, 4.69) is 5.32 Å². The second-order valence-corrected chi connectivity index (χ2v) is 6.47. The fraction of sp³-hybridized carbons (Fsp3) is 0.0952. The molecule has 3 aromatic carbocycles. The maximum Gasteiger partial charge on any atom is 0.416 e. The highest BCUT2D eigenvalue weighted by Gasteiger charge is 2.37. The number of imidazole rings is 1. The van der Waals surface area contributed by atoms with Gasteiger partial charge in [0.25, 0.3) is 0 Å². The second kappa shape index (κ2) is 5.61. The summed E-state index contributed by atoms with van der Waals surface area (Å²) in [7, 11) is 0. The summed E-state index contributed by atoms with van der Waals surface area (Å²) < 4.78 is 42.8. The highest BCUT2D eigenvalue weighted by atomic mass is 19.4. The Kier molecular flexibility index (Phi) is 3.31. The molecule has 1 aliphatic rings. The number of nitrogens with one attached hydrogen (secondary N) is 1. The lowest BCUT2D eigenvalue weighted by Gasteiger charge is -2.31. The zero-order chi connectivity index (χ0) is 18.6. The summed E-state index contributed by atoms with van der Waals surface area (Å²) in [6.45, 7) is 0. The van der Waals surface area contributed by atoms with Gasteiger partial charge in [-0.2, -0.15) is 13.2 Å². The number of halogens is 3. The van der Waals surface area contributed by atoms with Gasteiger partial charge in [-0.15, -0.1) is 0 Å². The molecule has 1 atom stereocenters. The van der Waals surface area contributed by atoms with Gasteiger partial charge in [-0.05, 0) is 30.3 Å². The Labute approximate surface area is 153 Å². The molecule has 1 unspecified atom stereocenters. The molecule has 0 fully saturated rings. The first kappa shape index (κ1) is 15.9. The van der Waals surface area contributed by atoms with Gasteiger partial charge in [0.05, 0.1) is 16.6 Å². The first-order valence-electron chi connectivity index (χ1n) is 8.53. The lowest BCUT2D eigenvalue weighted by Crippen LogP contribution is -2.27. The quantitative estimate of drug-likeness (QED) is 0.469. The standard InChI is InChI=1S/C21H14F3N3/c22-21(23,24)15-9-3-1-7-13(15)19-25-16-10-4-2-8-14(16)20-26-17-11-5-6-12-18(17)27(19)20/h1-12,19,25H. The van der Waals surface area contributed by atoms with Crippen molar-refractivity contribution in [3.63, 3.8) is 0 Å². The van der Waals surface area contributed by atoms with Crippen LogP contribution in [0.2, 0.25) is 0 Å². The van der Waals surface area contributed by atoms with E-state index < -0.39 is 17.9 Å². The molecule has 6 heteroatoms. The minimum absolute atomic E-state index is 0.170. The molecular formula is C21H14F3N3. The number of rotatable bonds is 1. The van der Waals surface area contributed by atoms with Gasteiger partial charge in [-0.3, -0.25) is 4.57 Å². The van der Waals surface area contributed by atoms with Crippen molar-refractivity contribution in [1.82, 2.24) is 9.55 Å². The molecule has 4 aromatic rings. The summed E-state index contributed by atoms with van der Waals surface area (Å²) in [6, 6.07) is 20.7. The average Bonchev–Trinajstić information content (AvgIpc) is 3.07. The van der Waals surface area contributed by atoms with E-state index in [0.717, 1.165) is 28.4 Å². The Morgan fingerprint density at radius 2 is 1.56 bits per heavy atom. The van der Waals surface area contributed by atoms with Gasteiger partial charge in [-0.25, -0.2) is 4.98 Å². The molecule has 27 heavy (non-hydrogen) atoms. The molecule has 2 heterocycles. The Morgan fingerprint density at radius 1 is 0.852 bits per heavy atom. The van der Waals surface area contributed by atoms with Crippen LogP contribution in [0.3, 0.4) is 0 Å². The third kappa shape index (κ3) is 2.40. The fourth-order valence-corrected chi connectivity index (χ4v) is 3.72. The number of aromatic nitrogens is 2. The van der Waals surface area contributed by atoms with Crippen LogP contribution in [-0.2, 0) is 6.18 Å². The zero-order valence-corrected chi connectivity index (χ0v) is 14.0. The van der Waals surface area contributed by atoms with E-state index in [1.54, 1.807) is 6.07 Å². The second-order valence-electron chi connectivity index (χ2n) is 6.47. The molecule has 0 spiro atoms. The lowest BCUT2D eigenvalue weighted by atomic mass is 10.0. The summed E-state index contributed by atoms with van der Waals surface area (Å²) in [5.41, 5.74) is 2.70. The third-order valence-corrected chi connectivity index (χ3v) is 4.87. The summed E-state index contributed by atoms with van der Waals surface area (Å²) in [5, 5.41) is 3.28. The Balaban J connectivity index is 1.83. The largest absolute Gasteiger partial charge is 0.416 e. The molecule has 0 amide bonds. The summed E-state index contributed by atoms with van der Waals surface area (Å²) in [5.74, 6) is 0.660. The van der Waals surface area contributed by atoms with Crippen LogP contribution in [0.15, 0.2) is 72.8 Å². The maximum atomic E-state index is 13.7. The van der Waals surface area contributed by atoms with Crippen LogP contribution in [0.5, 0.6) is 0 Å². The van der Waals surface area contributed by atoms with Gasteiger partial charge >= 0.3 is 6.18 Å². The predicted octanol–water partition coefficient (Wildman–Crippen LogP) is 5.69. The predicted molar refractivity (Wildman–Crippen MR) is 98.4 cm³/mol. The van der Waals surface area contributed by atoms with E-state index in [1.165, 1.54) is 12.1 Å². The van der Waals surface area contributed by atoms with E-state index in [4.69, 9.17) is 4.98 Å². The number of benzene rings is 3. The topological polar surface area (TPSA) is 29.9 Å². The van der Waals surface area contributed by atoms with Crippen LogP contribution in [0, 0.1) is 0 Å². The molecule has 0 saturated carbocycles. The first-order valence-corrected chi connectivity index (χ1v) is 8.53. The molecule has 5 rings (SSSR count). The van der Waals surface area contributed by atoms with E-state index in [-0.39, 0.29) is 5.56 Å². The van der Waals surface area contributed by atoms with Crippen LogP contribution < -0.4 is 5.32 Å². The molecule has 1 aromatic heterocycles. The number of para-hydroxylation sites is 3. The van der Waals surface area contributed by atoms with Crippen LogP contribution in [0.4, 0.5) is 18.9 Å². The Hall–Kier alpha value is -3.28. The van der Waals surface area contributed by atoms with Crippen molar-refractivity contribution < 1.29 is 13.2 Å². The van der Waals surface area contributed by atoms with Crippen LogP contribution in [-0.4, -0.2) is 9.55 Å². The SMILES string of the molecule is FC(F)(F)c1ccccc1C1Nc2ccccc2-c2nc3ccccc3n21. The van der Waals surface area contributed by atoms with Crippen LogP contribution in [0.25, 0.3) is 22.4 Å².